The summed E-state index contributed by atoms with van der Waals surface area (Å²) in [6.45, 7) is 1.91. The first kappa shape index (κ1) is 21.4. The van der Waals surface area contributed by atoms with E-state index in [4.69, 9.17) is 16.3 Å². The third-order valence-electron chi connectivity index (χ3n) is 5.86. The predicted octanol–water partition coefficient (Wildman–Crippen LogP) is 5.81. The Morgan fingerprint density at radius 1 is 1.00 bits per heavy atom. The van der Waals surface area contributed by atoms with Gasteiger partial charge in [-0.05, 0) is 55.3 Å². The summed E-state index contributed by atoms with van der Waals surface area (Å²) in [5, 5.41) is 10.1. The van der Waals surface area contributed by atoms with Gasteiger partial charge in [0.05, 0.1) is 12.0 Å². The van der Waals surface area contributed by atoms with E-state index in [2.05, 4.69) is 17.0 Å². The van der Waals surface area contributed by atoms with E-state index in [9.17, 15) is 9.90 Å². The number of piperidine rings is 1. The number of nitrogens with zero attached hydrogens (tertiary/aromatic N) is 1. The van der Waals surface area contributed by atoms with E-state index < -0.39 is 5.97 Å². The van der Waals surface area contributed by atoms with Crippen LogP contribution in [0.4, 0.5) is 0 Å². The molecule has 1 heterocycles. The molecule has 1 atom stereocenters. The van der Waals surface area contributed by atoms with Crippen LogP contribution >= 0.6 is 11.6 Å². The molecule has 0 spiro atoms. The number of halogens is 1. The molecule has 0 radical (unpaired) electrons. The third-order valence-corrected chi connectivity index (χ3v) is 6.09. The molecule has 1 fully saturated rings. The lowest BCUT2D eigenvalue weighted by Crippen LogP contribution is -2.39. The summed E-state index contributed by atoms with van der Waals surface area (Å²) >= 11 is 6.33. The van der Waals surface area contributed by atoms with Gasteiger partial charge in [-0.25, -0.2) is 0 Å². The van der Waals surface area contributed by atoms with Crippen LogP contribution in [0.1, 0.15) is 35.6 Å². The second kappa shape index (κ2) is 9.99. The fourth-order valence-corrected chi connectivity index (χ4v) is 4.44. The zero-order valence-electron chi connectivity index (χ0n) is 17.3. The Balaban J connectivity index is 1.65. The highest BCUT2D eigenvalue weighted by atomic mass is 35.5. The molecule has 5 heteroatoms. The summed E-state index contributed by atoms with van der Waals surface area (Å²) in [6.07, 6.45) is 1.28. The average Bonchev–Trinajstić information content (AvgIpc) is 2.80. The number of hydrogen-bond acceptors (Lipinski definition) is 3. The van der Waals surface area contributed by atoms with E-state index >= 15 is 0 Å². The number of carboxylic acids is 1. The highest BCUT2D eigenvalue weighted by Crippen LogP contribution is 2.38. The first-order valence-corrected chi connectivity index (χ1v) is 11.0. The minimum Gasteiger partial charge on any atom is -0.489 e. The van der Waals surface area contributed by atoms with Crippen molar-refractivity contribution in [3.05, 3.63) is 101 Å². The van der Waals surface area contributed by atoms with Crippen LogP contribution < -0.4 is 4.74 Å². The molecule has 0 saturated carbocycles. The van der Waals surface area contributed by atoms with Crippen molar-refractivity contribution in [1.29, 1.82) is 0 Å². The molecule has 0 bridgehead atoms. The van der Waals surface area contributed by atoms with E-state index in [-0.39, 0.29) is 12.0 Å². The van der Waals surface area contributed by atoms with Crippen LogP contribution in [0.3, 0.4) is 0 Å². The number of benzene rings is 3. The second-order valence-corrected chi connectivity index (χ2v) is 8.35. The van der Waals surface area contributed by atoms with Crippen molar-refractivity contribution >= 4 is 17.6 Å². The number of likely N-dealkylation sites (tertiary alicyclic amines) is 1. The van der Waals surface area contributed by atoms with Gasteiger partial charge in [0.1, 0.15) is 12.4 Å². The number of rotatable bonds is 7. The molecule has 4 rings (SSSR count). The fourth-order valence-electron chi connectivity index (χ4n) is 4.24. The summed E-state index contributed by atoms with van der Waals surface area (Å²) in [4.78, 5) is 13.8. The molecular formula is C26H26ClNO3. The first-order valence-electron chi connectivity index (χ1n) is 10.6. The van der Waals surface area contributed by atoms with Gasteiger partial charge in [0, 0.05) is 10.6 Å². The SMILES string of the molecule is O=C(O)C1CCN(C(c2cccc(Cl)c2)c2ccccc2OCc2ccccc2)CC1. The van der Waals surface area contributed by atoms with Gasteiger partial charge >= 0.3 is 5.97 Å². The van der Waals surface area contributed by atoms with E-state index in [0.717, 1.165) is 22.4 Å². The maximum absolute atomic E-state index is 11.4. The topological polar surface area (TPSA) is 49.8 Å². The van der Waals surface area contributed by atoms with Gasteiger partial charge in [-0.3, -0.25) is 9.69 Å². The summed E-state index contributed by atoms with van der Waals surface area (Å²) < 4.78 is 6.25. The number of carbonyl (C=O) groups is 1. The Morgan fingerprint density at radius 3 is 2.42 bits per heavy atom. The molecule has 4 nitrogen and oxygen atoms in total. The Kier molecular flexibility index (Phi) is 6.90. The first-order chi connectivity index (χ1) is 15.1. The molecular weight excluding hydrogens is 410 g/mol. The molecule has 0 aliphatic carbocycles. The summed E-state index contributed by atoms with van der Waals surface area (Å²) in [6, 6.07) is 26.0. The second-order valence-electron chi connectivity index (χ2n) is 7.92. The average molecular weight is 436 g/mol. The number of carboxylic acid groups (broad SMARTS) is 1. The minimum atomic E-state index is -0.703. The van der Waals surface area contributed by atoms with Gasteiger partial charge in [-0.1, -0.05) is 72.3 Å². The predicted molar refractivity (Wildman–Crippen MR) is 122 cm³/mol. The summed E-state index contributed by atoms with van der Waals surface area (Å²) in [7, 11) is 0. The van der Waals surface area contributed by atoms with E-state index in [1.54, 1.807) is 0 Å². The largest absolute Gasteiger partial charge is 0.489 e. The van der Waals surface area contributed by atoms with Crippen molar-refractivity contribution in [2.45, 2.75) is 25.5 Å². The summed E-state index contributed by atoms with van der Waals surface area (Å²) in [5.41, 5.74) is 3.25. The van der Waals surface area contributed by atoms with E-state index in [1.807, 2.05) is 66.7 Å². The molecule has 1 aliphatic rings. The third kappa shape index (κ3) is 5.27. The van der Waals surface area contributed by atoms with Crippen LogP contribution in [-0.4, -0.2) is 29.1 Å². The molecule has 3 aromatic carbocycles. The molecule has 3 aromatic rings. The zero-order chi connectivity index (χ0) is 21.6. The maximum Gasteiger partial charge on any atom is 0.306 e. The molecule has 1 unspecified atom stereocenters. The van der Waals surface area contributed by atoms with Crippen molar-refractivity contribution < 1.29 is 14.6 Å². The van der Waals surface area contributed by atoms with Gasteiger partial charge in [0.2, 0.25) is 0 Å². The van der Waals surface area contributed by atoms with Crippen LogP contribution in [0.25, 0.3) is 0 Å². The van der Waals surface area contributed by atoms with Crippen LogP contribution in [0.15, 0.2) is 78.9 Å². The van der Waals surface area contributed by atoms with Gasteiger partial charge in [0.25, 0.3) is 0 Å². The van der Waals surface area contributed by atoms with Crippen LogP contribution in [0, 0.1) is 5.92 Å². The van der Waals surface area contributed by atoms with E-state index in [0.29, 0.717) is 37.6 Å². The van der Waals surface area contributed by atoms with Crippen molar-refractivity contribution in [3.63, 3.8) is 0 Å². The normalized spacial score (nSPS) is 16.0. The fraction of sp³-hybridized carbons (Fsp3) is 0.269. The van der Waals surface area contributed by atoms with Crippen molar-refractivity contribution in [3.8, 4) is 5.75 Å². The van der Waals surface area contributed by atoms with Crippen molar-refractivity contribution in [2.24, 2.45) is 5.92 Å². The monoisotopic (exact) mass is 435 g/mol. The Morgan fingerprint density at radius 2 is 1.71 bits per heavy atom. The molecule has 1 aliphatic heterocycles. The van der Waals surface area contributed by atoms with Gasteiger partial charge in [0.15, 0.2) is 0 Å². The smallest absolute Gasteiger partial charge is 0.306 e. The van der Waals surface area contributed by atoms with Gasteiger partial charge < -0.3 is 9.84 Å². The van der Waals surface area contributed by atoms with Crippen molar-refractivity contribution in [2.75, 3.05) is 13.1 Å². The number of ether oxygens (including phenoxy) is 1. The number of para-hydroxylation sites is 1. The Bertz CT molecular complexity index is 1020. The number of hydrogen-bond donors (Lipinski definition) is 1. The minimum absolute atomic E-state index is 0.0552. The standard InChI is InChI=1S/C26H26ClNO3/c27-22-10-6-9-21(17-22)25(28-15-13-20(14-16-28)26(29)30)23-11-4-5-12-24(23)31-18-19-7-2-1-3-8-19/h1-12,17,20,25H,13-16,18H2,(H,29,30). The molecule has 0 aromatic heterocycles. The van der Waals surface area contributed by atoms with Crippen LogP contribution in [0.2, 0.25) is 5.02 Å². The molecule has 31 heavy (non-hydrogen) atoms. The van der Waals surface area contributed by atoms with Gasteiger partial charge in [-0.15, -0.1) is 0 Å². The molecule has 160 valence electrons. The zero-order valence-corrected chi connectivity index (χ0v) is 18.0. The highest BCUT2D eigenvalue weighted by Gasteiger charge is 2.31. The quantitative estimate of drug-likeness (QED) is 0.509. The maximum atomic E-state index is 11.4. The van der Waals surface area contributed by atoms with Crippen molar-refractivity contribution in [1.82, 2.24) is 4.90 Å². The molecule has 0 amide bonds. The Labute approximate surface area is 188 Å². The lowest BCUT2D eigenvalue weighted by atomic mass is 9.91. The molecule has 1 saturated heterocycles. The molecule has 1 N–H and O–H groups in total. The Hall–Kier alpha value is -2.82. The van der Waals surface area contributed by atoms with Gasteiger partial charge in [-0.2, -0.15) is 0 Å². The van der Waals surface area contributed by atoms with Crippen LogP contribution in [0.5, 0.6) is 5.75 Å². The summed E-state index contributed by atoms with van der Waals surface area (Å²) in [5.74, 6) is -0.150. The number of aliphatic carboxylic acids is 1. The lowest BCUT2D eigenvalue weighted by molar-refractivity contribution is -0.143. The van der Waals surface area contributed by atoms with E-state index in [1.165, 1.54) is 0 Å². The van der Waals surface area contributed by atoms with Crippen LogP contribution in [-0.2, 0) is 11.4 Å². The lowest BCUT2D eigenvalue weighted by Gasteiger charge is -2.37. The highest BCUT2D eigenvalue weighted by molar-refractivity contribution is 6.30.